The van der Waals surface area contributed by atoms with Crippen LogP contribution in [0.4, 0.5) is 8.78 Å². The van der Waals surface area contributed by atoms with Gasteiger partial charge in [0.25, 0.3) is 0 Å². The quantitative estimate of drug-likeness (QED) is 0.913. The Balaban J connectivity index is 2.51. The summed E-state index contributed by atoms with van der Waals surface area (Å²) >= 11 is 0. The summed E-state index contributed by atoms with van der Waals surface area (Å²) in [5, 5.41) is 3.02. The number of hydrogen-bond donors (Lipinski definition) is 1. The molecule has 0 aliphatic carbocycles. The fourth-order valence-corrected chi connectivity index (χ4v) is 2.00. The topological polar surface area (TPSA) is 21.3 Å². The minimum Gasteiger partial charge on any atom is -0.496 e. The zero-order valence-corrected chi connectivity index (χ0v) is 10.8. The maximum Gasteiger partial charge on any atom is 0.166 e. The number of benzene rings is 2. The Labute approximate surface area is 111 Å². The van der Waals surface area contributed by atoms with Crippen molar-refractivity contribution in [2.75, 3.05) is 14.2 Å². The van der Waals surface area contributed by atoms with E-state index in [1.807, 2.05) is 7.05 Å². The summed E-state index contributed by atoms with van der Waals surface area (Å²) < 4.78 is 32.2. The van der Waals surface area contributed by atoms with Gasteiger partial charge in [-0.05, 0) is 30.8 Å². The Morgan fingerprint density at radius 3 is 2.63 bits per heavy atom. The number of rotatable bonds is 4. The normalized spacial score (nSPS) is 10.5. The van der Waals surface area contributed by atoms with Crippen LogP contribution in [0.1, 0.15) is 5.56 Å². The van der Waals surface area contributed by atoms with Gasteiger partial charge in [0.2, 0.25) is 0 Å². The Hall–Kier alpha value is -1.94. The Bertz CT molecular complexity index is 584. The van der Waals surface area contributed by atoms with Crippen LogP contribution in [0.2, 0.25) is 0 Å². The van der Waals surface area contributed by atoms with Gasteiger partial charge < -0.3 is 10.1 Å². The van der Waals surface area contributed by atoms with Gasteiger partial charge in [-0.25, -0.2) is 8.78 Å². The van der Waals surface area contributed by atoms with Gasteiger partial charge in [0.15, 0.2) is 11.6 Å². The molecule has 0 heterocycles. The number of nitrogens with one attached hydrogen (secondary N) is 1. The van der Waals surface area contributed by atoms with Crippen molar-refractivity contribution in [1.82, 2.24) is 5.32 Å². The summed E-state index contributed by atoms with van der Waals surface area (Å²) in [5.41, 5.74) is 1.77. The average molecular weight is 263 g/mol. The molecule has 2 nitrogen and oxygen atoms in total. The first-order valence-electron chi connectivity index (χ1n) is 5.93. The highest BCUT2D eigenvalue weighted by atomic mass is 19.2. The number of methoxy groups -OCH3 is 1. The lowest BCUT2D eigenvalue weighted by Crippen LogP contribution is -2.06. The van der Waals surface area contributed by atoms with E-state index in [1.165, 1.54) is 6.07 Å². The molecule has 2 aromatic rings. The third kappa shape index (κ3) is 2.74. The number of ether oxygens (including phenoxy) is 1. The molecule has 100 valence electrons. The monoisotopic (exact) mass is 263 g/mol. The molecule has 0 bridgehead atoms. The van der Waals surface area contributed by atoms with Crippen LogP contribution >= 0.6 is 0 Å². The maximum absolute atomic E-state index is 13.8. The van der Waals surface area contributed by atoms with Gasteiger partial charge in [0.1, 0.15) is 5.75 Å². The summed E-state index contributed by atoms with van der Waals surface area (Å²) in [5.74, 6) is -0.957. The minimum absolute atomic E-state index is 0.250. The van der Waals surface area contributed by atoms with E-state index < -0.39 is 11.6 Å². The molecule has 4 heteroatoms. The molecular formula is C15H15F2NO. The van der Waals surface area contributed by atoms with E-state index in [0.29, 0.717) is 12.1 Å². The van der Waals surface area contributed by atoms with E-state index in [-0.39, 0.29) is 5.56 Å². The lowest BCUT2D eigenvalue weighted by atomic mass is 10.0. The second kappa shape index (κ2) is 5.80. The fourth-order valence-electron chi connectivity index (χ4n) is 2.00. The predicted molar refractivity (Wildman–Crippen MR) is 71.1 cm³/mol. The van der Waals surface area contributed by atoms with Gasteiger partial charge in [-0.15, -0.1) is 0 Å². The van der Waals surface area contributed by atoms with Crippen molar-refractivity contribution in [2.24, 2.45) is 0 Å². The van der Waals surface area contributed by atoms with Crippen LogP contribution in [0.5, 0.6) is 5.75 Å². The summed E-state index contributed by atoms with van der Waals surface area (Å²) in [7, 11) is 3.39. The first-order chi connectivity index (χ1) is 9.17. The van der Waals surface area contributed by atoms with Crippen molar-refractivity contribution in [3.63, 3.8) is 0 Å². The van der Waals surface area contributed by atoms with Gasteiger partial charge in [-0.2, -0.15) is 0 Å². The molecule has 0 aliphatic heterocycles. The molecule has 19 heavy (non-hydrogen) atoms. The van der Waals surface area contributed by atoms with Gasteiger partial charge in [-0.3, -0.25) is 0 Å². The van der Waals surface area contributed by atoms with Crippen LogP contribution in [-0.4, -0.2) is 14.2 Å². The lowest BCUT2D eigenvalue weighted by Gasteiger charge is -2.11. The standard InChI is InChI=1S/C15H15F2NO/c1-18-9-11-8-10(6-7-14(11)19-2)12-4-3-5-13(16)15(12)17/h3-8,18H,9H2,1-2H3. The van der Waals surface area contributed by atoms with E-state index >= 15 is 0 Å². The summed E-state index contributed by atoms with van der Waals surface area (Å²) in [6.07, 6.45) is 0. The maximum atomic E-state index is 13.8. The van der Waals surface area contributed by atoms with Gasteiger partial charge in [0.05, 0.1) is 7.11 Å². The van der Waals surface area contributed by atoms with Crippen LogP contribution in [0.3, 0.4) is 0 Å². The van der Waals surface area contributed by atoms with E-state index in [9.17, 15) is 8.78 Å². The Morgan fingerprint density at radius 2 is 1.95 bits per heavy atom. The minimum atomic E-state index is -0.844. The molecule has 1 N–H and O–H groups in total. The molecule has 0 aliphatic rings. The number of hydrogen-bond acceptors (Lipinski definition) is 2. The van der Waals surface area contributed by atoms with Crippen molar-refractivity contribution in [3.05, 3.63) is 53.6 Å². The molecule has 2 aromatic carbocycles. The second-order valence-electron chi connectivity index (χ2n) is 4.16. The molecule has 0 atom stereocenters. The van der Waals surface area contributed by atoms with Gasteiger partial charge in [-0.1, -0.05) is 18.2 Å². The van der Waals surface area contributed by atoms with Crippen molar-refractivity contribution in [1.29, 1.82) is 0 Å². The highest BCUT2D eigenvalue weighted by Crippen LogP contribution is 2.29. The molecule has 0 amide bonds. The zero-order valence-electron chi connectivity index (χ0n) is 10.8. The van der Waals surface area contributed by atoms with E-state index in [1.54, 1.807) is 31.4 Å². The van der Waals surface area contributed by atoms with Crippen LogP contribution in [-0.2, 0) is 6.54 Å². The van der Waals surface area contributed by atoms with Crippen LogP contribution < -0.4 is 10.1 Å². The largest absolute Gasteiger partial charge is 0.496 e. The lowest BCUT2D eigenvalue weighted by molar-refractivity contribution is 0.408. The predicted octanol–water partition coefficient (Wildman–Crippen LogP) is 3.36. The van der Waals surface area contributed by atoms with Crippen LogP contribution in [0.25, 0.3) is 11.1 Å². The molecule has 0 spiro atoms. The third-order valence-corrected chi connectivity index (χ3v) is 2.91. The average Bonchev–Trinajstić information content (AvgIpc) is 2.42. The third-order valence-electron chi connectivity index (χ3n) is 2.91. The molecule has 0 fully saturated rings. The highest BCUT2D eigenvalue weighted by molar-refractivity contribution is 5.66. The molecule has 0 radical (unpaired) electrons. The fraction of sp³-hybridized carbons (Fsp3) is 0.200. The molecule has 0 unspecified atom stereocenters. The summed E-state index contributed by atoms with van der Waals surface area (Å²) in [6, 6.07) is 9.44. The van der Waals surface area contributed by atoms with Gasteiger partial charge in [0, 0.05) is 17.7 Å². The van der Waals surface area contributed by atoms with Crippen LogP contribution in [0.15, 0.2) is 36.4 Å². The Kier molecular flexibility index (Phi) is 4.12. The van der Waals surface area contributed by atoms with Crippen molar-refractivity contribution < 1.29 is 13.5 Å². The SMILES string of the molecule is CNCc1cc(-c2cccc(F)c2F)ccc1OC. The smallest absolute Gasteiger partial charge is 0.166 e. The first-order valence-corrected chi connectivity index (χ1v) is 5.93. The molecule has 0 saturated heterocycles. The van der Waals surface area contributed by atoms with Crippen molar-refractivity contribution >= 4 is 0 Å². The molecular weight excluding hydrogens is 248 g/mol. The van der Waals surface area contributed by atoms with E-state index in [4.69, 9.17) is 4.74 Å². The van der Waals surface area contributed by atoms with Crippen molar-refractivity contribution in [2.45, 2.75) is 6.54 Å². The van der Waals surface area contributed by atoms with Gasteiger partial charge >= 0.3 is 0 Å². The zero-order chi connectivity index (χ0) is 13.8. The first kappa shape index (κ1) is 13.5. The molecule has 0 aromatic heterocycles. The second-order valence-corrected chi connectivity index (χ2v) is 4.16. The molecule has 2 rings (SSSR count). The highest BCUT2D eigenvalue weighted by Gasteiger charge is 2.11. The summed E-state index contributed by atoms with van der Waals surface area (Å²) in [6.45, 7) is 0.591. The van der Waals surface area contributed by atoms with Crippen LogP contribution in [0, 0.1) is 11.6 Å². The Morgan fingerprint density at radius 1 is 1.16 bits per heavy atom. The van der Waals surface area contributed by atoms with E-state index in [0.717, 1.165) is 17.4 Å². The summed E-state index contributed by atoms with van der Waals surface area (Å²) in [4.78, 5) is 0. The molecule has 0 saturated carbocycles. The van der Waals surface area contributed by atoms with E-state index in [2.05, 4.69) is 5.32 Å². The van der Waals surface area contributed by atoms with Crippen molar-refractivity contribution in [3.8, 4) is 16.9 Å². The number of halogens is 2.